The summed E-state index contributed by atoms with van der Waals surface area (Å²) in [7, 11) is 0. The second-order valence-corrected chi connectivity index (χ2v) is 5.59. The SMILES string of the molecule is O=C(O)C1CCCCN1C(=O)c1cc(=O)[nH]c2cc(F)ccc12. The molecule has 0 spiro atoms. The van der Waals surface area contributed by atoms with E-state index >= 15 is 0 Å². The molecule has 0 aliphatic carbocycles. The first-order valence-electron chi connectivity index (χ1n) is 7.34. The number of aromatic amines is 1. The molecule has 1 aromatic carbocycles. The molecule has 1 atom stereocenters. The molecule has 1 unspecified atom stereocenters. The van der Waals surface area contributed by atoms with E-state index in [2.05, 4.69) is 4.98 Å². The number of nitrogens with one attached hydrogen (secondary N) is 1. The Hall–Kier alpha value is -2.70. The van der Waals surface area contributed by atoms with Gasteiger partial charge in [-0.05, 0) is 37.5 Å². The van der Waals surface area contributed by atoms with Gasteiger partial charge in [0.2, 0.25) is 5.56 Å². The Morgan fingerprint density at radius 1 is 1.26 bits per heavy atom. The van der Waals surface area contributed by atoms with Crippen LogP contribution in [-0.4, -0.2) is 39.5 Å². The van der Waals surface area contributed by atoms with Crippen molar-refractivity contribution in [2.24, 2.45) is 0 Å². The minimum Gasteiger partial charge on any atom is -0.480 e. The predicted molar refractivity (Wildman–Crippen MR) is 80.8 cm³/mol. The van der Waals surface area contributed by atoms with Crippen LogP contribution in [0.5, 0.6) is 0 Å². The molecule has 1 fully saturated rings. The van der Waals surface area contributed by atoms with Crippen molar-refractivity contribution in [3.05, 3.63) is 46.0 Å². The highest BCUT2D eigenvalue weighted by atomic mass is 19.1. The zero-order valence-electron chi connectivity index (χ0n) is 12.2. The van der Waals surface area contributed by atoms with Gasteiger partial charge in [0.1, 0.15) is 11.9 Å². The number of aliphatic carboxylic acids is 1. The number of pyridine rings is 1. The summed E-state index contributed by atoms with van der Waals surface area (Å²) in [5.41, 5.74) is -0.225. The Kier molecular flexibility index (Phi) is 3.85. The normalized spacial score (nSPS) is 18.1. The van der Waals surface area contributed by atoms with Gasteiger partial charge in [-0.25, -0.2) is 9.18 Å². The summed E-state index contributed by atoms with van der Waals surface area (Å²) in [6.07, 6.45) is 1.84. The Balaban J connectivity index is 2.10. The van der Waals surface area contributed by atoms with Gasteiger partial charge < -0.3 is 15.0 Å². The van der Waals surface area contributed by atoms with E-state index in [9.17, 15) is 23.9 Å². The van der Waals surface area contributed by atoms with Crippen LogP contribution in [0.25, 0.3) is 10.9 Å². The molecule has 2 heterocycles. The van der Waals surface area contributed by atoms with Gasteiger partial charge in [0.25, 0.3) is 5.91 Å². The van der Waals surface area contributed by atoms with E-state index in [0.29, 0.717) is 24.8 Å². The second-order valence-electron chi connectivity index (χ2n) is 5.59. The van der Waals surface area contributed by atoms with Gasteiger partial charge in [0.05, 0.1) is 11.1 Å². The van der Waals surface area contributed by atoms with Crippen molar-refractivity contribution in [2.75, 3.05) is 6.54 Å². The monoisotopic (exact) mass is 318 g/mol. The van der Waals surface area contributed by atoms with Crippen LogP contribution in [0.4, 0.5) is 4.39 Å². The Labute approximate surface area is 130 Å². The maximum absolute atomic E-state index is 13.3. The van der Waals surface area contributed by atoms with Crippen molar-refractivity contribution in [3.63, 3.8) is 0 Å². The summed E-state index contributed by atoms with van der Waals surface area (Å²) >= 11 is 0. The van der Waals surface area contributed by atoms with Crippen LogP contribution in [-0.2, 0) is 4.79 Å². The Morgan fingerprint density at radius 2 is 2.04 bits per heavy atom. The number of piperidine rings is 1. The van der Waals surface area contributed by atoms with Crippen LogP contribution in [0.3, 0.4) is 0 Å². The number of hydrogen-bond acceptors (Lipinski definition) is 3. The number of carboxylic acid groups (broad SMARTS) is 1. The van der Waals surface area contributed by atoms with E-state index in [4.69, 9.17) is 0 Å². The third kappa shape index (κ3) is 2.81. The lowest BCUT2D eigenvalue weighted by Gasteiger charge is -2.33. The van der Waals surface area contributed by atoms with Crippen LogP contribution in [0.1, 0.15) is 29.6 Å². The molecular weight excluding hydrogens is 303 g/mol. The molecular formula is C16H15FN2O4. The number of benzene rings is 1. The molecule has 0 radical (unpaired) electrons. The second kappa shape index (κ2) is 5.83. The topological polar surface area (TPSA) is 90.5 Å². The molecule has 3 rings (SSSR count). The first-order chi connectivity index (χ1) is 11.0. The fourth-order valence-electron chi connectivity index (χ4n) is 3.00. The van der Waals surface area contributed by atoms with Crippen molar-refractivity contribution in [2.45, 2.75) is 25.3 Å². The number of fused-ring (bicyclic) bond motifs is 1. The van der Waals surface area contributed by atoms with E-state index < -0.39 is 29.3 Å². The molecule has 23 heavy (non-hydrogen) atoms. The van der Waals surface area contributed by atoms with Crippen LogP contribution < -0.4 is 5.56 Å². The van der Waals surface area contributed by atoms with Gasteiger partial charge in [-0.1, -0.05) is 0 Å². The van der Waals surface area contributed by atoms with Crippen LogP contribution >= 0.6 is 0 Å². The summed E-state index contributed by atoms with van der Waals surface area (Å²) in [4.78, 5) is 39.7. The molecule has 2 aromatic rings. The maximum Gasteiger partial charge on any atom is 0.326 e. The Bertz CT molecular complexity index is 846. The van der Waals surface area contributed by atoms with Gasteiger partial charge in [-0.15, -0.1) is 0 Å². The first kappa shape index (κ1) is 15.2. The standard InChI is InChI=1S/C16H15FN2O4/c17-9-4-5-10-11(8-14(20)18-12(10)7-9)15(21)19-6-2-1-3-13(19)16(22)23/h4-5,7-8,13H,1-3,6H2,(H,18,20)(H,22,23). The fraction of sp³-hybridized carbons (Fsp3) is 0.312. The number of carbonyl (C=O) groups excluding carboxylic acids is 1. The number of carboxylic acids is 1. The van der Waals surface area contributed by atoms with Crippen molar-refractivity contribution in [1.82, 2.24) is 9.88 Å². The molecule has 1 amide bonds. The summed E-state index contributed by atoms with van der Waals surface area (Å²) in [5, 5.41) is 9.69. The third-order valence-corrected chi connectivity index (χ3v) is 4.08. The van der Waals surface area contributed by atoms with Gasteiger partial charge >= 0.3 is 5.97 Å². The molecule has 1 aliphatic rings. The first-order valence-corrected chi connectivity index (χ1v) is 7.34. The number of amides is 1. The lowest BCUT2D eigenvalue weighted by molar-refractivity contribution is -0.143. The van der Waals surface area contributed by atoms with E-state index in [1.165, 1.54) is 17.0 Å². The minimum absolute atomic E-state index is 0.0944. The highest BCUT2D eigenvalue weighted by Crippen LogP contribution is 2.23. The smallest absolute Gasteiger partial charge is 0.326 e. The zero-order valence-corrected chi connectivity index (χ0v) is 12.2. The summed E-state index contributed by atoms with van der Waals surface area (Å²) in [6.45, 7) is 0.325. The molecule has 0 saturated carbocycles. The number of hydrogen-bond donors (Lipinski definition) is 2. The molecule has 1 aromatic heterocycles. The van der Waals surface area contributed by atoms with Crippen LogP contribution in [0.15, 0.2) is 29.1 Å². The van der Waals surface area contributed by atoms with Crippen molar-refractivity contribution >= 4 is 22.8 Å². The number of aromatic nitrogens is 1. The van der Waals surface area contributed by atoms with E-state index in [0.717, 1.165) is 18.6 Å². The van der Waals surface area contributed by atoms with Gasteiger partial charge in [0, 0.05) is 18.0 Å². The number of H-pyrrole nitrogens is 1. The Morgan fingerprint density at radius 3 is 2.78 bits per heavy atom. The van der Waals surface area contributed by atoms with Crippen molar-refractivity contribution in [3.8, 4) is 0 Å². The average molecular weight is 318 g/mol. The molecule has 0 bridgehead atoms. The molecule has 1 aliphatic heterocycles. The van der Waals surface area contributed by atoms with E-state index in [1.54, 1.807) is 0 Å². The largest absolute Gasteiger partial charge is 0.480 e. The van der Waals surface area contributed by atoms with Gasteiger partial charge in [-0.2, -0.15) is 0 Å². The fourth-order valence-corrected chi connectivity index (χ4v) is 3.00. The highest BCUT2D eigenvalue weighted by Gasteiger charge is 2.33. The third-order valence-electron chi connectivity index (χ3n) is 4.08. The number of carbonyl (C=O) groups is 2. The molecule has 6 nitrogen and oxygen atoms in total. The van der Waals surface area contributed by atoms with Crippen LogP contribution in [0.2, 0.25) is 0 Å². The predicted octanol–water partition coefficient (Wildman–Crippen LogP) is 1.75. The van der Waals surface area contributed by atoms with E-state index in [-0.39, 0.29) is 11.1 Å². The highest BCUT2D eigenvalue weighted by molar-refractivity contribution is 6.07. The molecule has 1 saturated heterocycles. The lowest BCUT2D eigenvalue weighted by Crippen LogP contribution is -2.48. The number of likely N-dealkylation sites (tertiary alicyclic amines) is 1. The molecule has 2 N–H and O–H groups in total. The summed E-state index contributed by atoms with van der Waals surface area (Å²) < 4.78 is 13.3. The molecule has 120 valence electrons. The number of halogens is 1. The summed E-state index contributed by atoms with van der Waals surface area (Å²) in [6, 6.07) is 3.98. The summed E-state index contributed by atoms with van der Waals surface area (Å²) in [5.74, 6) is -2.10. The number of nitrogens with zero attached hydrogens (tertiary/aromatic N) is 1. The zero-order chi connectivity index (χ0) is 16.6. The van der Waals surface area contributed by atoms with Crippen molar-refractivity contribution < 1.29 is 19.1 Å². The quantitative estimate of drug-likeness (QED) is 0.882. The van der Waals surface area contributed by atoms with Crippen molar-refractivity contribution in [1.29, 1.82) is 0 Å². The van der Waals surface area contributed by atoms with Gasteiger partial charge in [-0.3, -0.25) is 9.59 Å². The lowest BCUT2D eigenvalue weighted by atomic mass is 10.00. The minimum atomic E-state index is -1.06. The van der Waals surface area contributed by atoms with E-state index in [1.807, 2.05) is 0 Å². The van der Waals surface area contributed by atoms with Crippen LogP contribution in [0, 0.1) is 5.82 Å². The van der Waals surface area contributed by atoms with Gasteiger partial charge in [0.15, 0.2) is 0 Å². The number of rotatable bonds is 2. The molecule has 7 heteroatoms. The average Bonchev–Trinajstić information content (AvgIpc) is 2.52. The maximum atomic E-state index is 13.3.